The number of hydrogen-bond acceptors (Lipinski definition) is 3. The van der Waals surface area contributed by atoms with Crippen LogP contribution in [0.25, 0.3) is 0 Å². The molecule has 0 saturated heterocycles. The normalized spacial score (nSPS) is 11.2. The molecular weight excluding hydrogens is 250 g/mol. The predicted octanol–water partition coefficient (Wildman–Crippen LogP) is 4.04. The maximum absolute atomic E-state index is 11.2. The van der Waals surface area contributed by atoms with E-state index in [-0.39, 0.29) is 5.78 Å². The molecule has 0 amide bonds. The van der Waals surface area contributed by atoms with E-state index in [4.69, 9.17) is 4.74 Å². The second-order valence-corrected chi connectivity index (χ2v) is 4.53. The fourth-order valence-corrected chi connectivity index (χ4v) is 1.86. The van der Waals surface area contributed by atoms with Crippen molar-refractivity contribution < 1.29 is 9.53 Å². The Morgan fingerprint density at radius 1 is 0.900 bits per heavy atom. The third-order valence-corrected chi connectivity index (χ3v) is 3.08. The van der Waals surface area contributed by atoms with Gasteiger partial charge in [0.1, 0.15) is 5.75 Å². The van der Waals surface area contributed by atoms with Crippen molar-refractivity contribution in [3.8, 4) is 5.75 Å². The van der Waals surface area contributed by atoms with E-state index in [0.29, 0.717) is 5.56 Å². The summed E-state index contributed by atoms with van der Waals surface area (Å²) in [6.45, 7) is 3.52. The maximum atomic E-state index is 11.2. The molecule has 3 nitrogen and oxygen atoms in total. The zero-order chi connectivity index (χ0) is 14.5. The summed E-state index contributed by atoms with van der Waals surface area (Å²) in [6.07, 6.45) is 0. The number of ether oxygens (including phenoxy) is 1. The number of carbonyl (C=O) groups excluding carboxylic acids is 1. The Morgan fingerprint density at radius 3 is 1.95 bits per heavy atom. The van der Waals surface area contributed by atoms with E-state index in [1.54, 1.807) is 26.2 Å². The van der Waals surface area contributed by atoms with Gasteiger partial charge in [0, 0.05) is 11.3 Å². The molecule has 0 aliphatic rings. The number of rotatable bonds is 4. The lowest BCUT2D eigenvalue weighted by Gasteiger charge is -2.04. The van der Waals surface area contributed by atoms with Crippen molar-refractivity contribution in [1.29, 1.82) is 0 Å². The average molecular weight is 267 g/mol. The minimum Gasteiger partial charge on any atom is -0.497 e. The van der Waals surface area contributed by atoms with Crippen LogP contribution in [0.5, 0.6) is 5.75 Å². The van der Waals surface area contributed by atoms with E-state index < -0.39 is 0 Å². The van der Waals surface area contributed by atoms with Gasteiger partial charge in [-0.25, -0.2) is 0 Å². The number of ketones is 1. The first-order chi connectivity index (χ1) is 9.60. The van der Waals surface area contributed by atoms with Crippen LogP contribution in [0, 0.1) is 0 Å². The molecule has 0 atom stereocenters. The number of nitrogens with zero attached hydrogens (tertiary/aromatic N) is 1. The minimum absolute atomic E-state index is 0.0624. The molecule has 0 N–H and O–H groups in total. The van der Waals surface area contributed by atoms with Gasteiger partial charge in [0.15, 0.2) is 5.78 Å². The van der Waals surface area contributed by atoms with Crippen LogP contribution in [-0.4, -0.2) is 18.6 Å². The van der Waals surface area contributed by atoms with Gasteiger partial charge in [-0.3, -0.25) is 9.79 Å². The van der Waals surface area contributed by atoms with Gasteiger partial charge in [0.2, 0.25) is 0 Å². The van der Waals surface area contributed by atoms with Crippen LogP contribution >= 0.6 is 0 Å². The van der Waals surface area contributed by atoms with E-state index in [9.17, 15) is 4.79 Å². The largest absolute Gasteiger partial charge is 0.497 e. The average Bonchev–Trinajstić information content (AvgIpc) is 2.48. The Bertz CT molecular complexity index is 625. The fourth-order valence-electron chi connectivity index (χ4n) is 1.86. The van der Waals surface area contributed by atoms with Crippen molar-refractivity contribution >= 4 is 17.2 Å². The second kappa shape index (κ2) is 6.15. The summed E-state index contributed by atoms with van der Waals surface area (Å²) >= 11 is 0. The van der Waals surface area contributed by atoms with Crippen molar-refractivity contribution in [3.05, 3.63) is 59.7 Å². The SMILES string of the molecule is COc1ccc(C(C)=Nc2ccc(C(C)=O)cc2)cc1. The smallest absolute Gasteiger partial charge is 0.159 e. The van der Waals surface area contributed by atoms with Crippen molar-refractivity contribution in [2.75, 3.05) is 7.11 Å². The summed E-state index contributed by atoms with van der Waals surface area (Å²) in [7, 11) is 1.65. The summed E-state index contributed by atoms with van der Waals surface area (Å²) in [5, 5.41) is 0. The van der Waals surface area contributed by atoms with Crippen LogP contribution in [0.3, 0.4) is 0 Å². The molecule has 0 aliphatic heterocycles. The van der Waals surface area contributed by atoms with Gasteiger partial charge in [-0.1, -0.05) is 0 Å². The topological polar surface area (TPSA) is 38.7 Å². The molecular formula is C17H17NO2. The summed E-state index contributed by atoms with van der Waals surface area (Å²) < 4.78 is 5.13. The fraction of sp³-hybridized carbons (Fsp3) is 0.176. The minimum atomic E-state index is 0.0624. The van der Waals surface area contributed by atoms with Crippen molar-refractivity contribution in [2.45, 2.75) is 13.8 Å². The quantitative estimate of drug-likeness (QED) is 0.619. The molecule has 102 valence electrons. The van der Waals surface area contributed by atoms with Crippen LogP contribution < -0.4 is 4.74 Å². The number of aliphatic imine (C=N–C) groups is 1. The van der Waals surface area contributed by atoms with E-state index in [2.05, 4.69) is 4.99 Å². The van der Waals surface area contributed by atoms with Gasteiger partial charge in [0.05, 0.1) is 12.8 Å². The molecule has 2 aromatic carbocycles. The lowest BCUT2D eigenvalue weighted by atomic mass is 10.1. The Kier molecular flexibility index (Phi) is 4.31. The third kappa shape index (κ3) is 3.32. The Hall–Kier alpha value is -2.42. The lowest BCUT2D eigenvalue weighted by molar-refractivity contribution is 0.101. The first kappa shape index (κ1) is 14.0. The van der Waals surface area contributed by atoms with E-state index >= 15 is 0 Å². The highest BCUT2D eigenvalue weighted by Gasteiger charge is 2.01. The molecule has 2 rings (SSSR count). The van der Waals surface area contributed by atoms with Crippen LogP contribution in [0.15, 0.2) is 53.5 Å². The number of hydrogen-bond donors (Lipinski definition) is 0. The molecule has 0 aliphatic carbocycles. The molecule has 0 unspecified atom stereocenters. The van der Waals surface area contributed by atoms with Crippen molar-refractivity contribution in [3.63, 3.8) is 0 Å². The number of carbonyl (C=O) groups is 1. The summed E-state index contributed by atoms with van der Waals surface area (Å²) in [6, 6.07) is 15.1. The molecule has 0 heterocycles. The highest BCUT2D eigenvalue weighted by atomic mass is 16.5. The van der Waals surface area contributed by atoms with Crippen molar-refractivity contribution in [1.82, 2.24) is 0 Å². The van der Waals surface area contributed by atoms with Gasteiger partial charge in [-0.15, -0.1) is 0 Å². The molecule has 0 radical (unpaired) electrons. The molecule has 2 aromatic rings. The maximum Gasteiger partial charge on any atom is 0.159 e. The zero-order valence-corrected chi connectivity index (χ0v) is 11.9. The highest BCUT2D eigenvalue weighted by molar-refractivity contribution is 6.00. The molecule has 0 aromatic heterocycles. The van der Waals surface area contributed by atoms with Crippen molar-refractivity contribution in [2.24, 2.45) is 4.99 Å². The van der Waals surface area contributed by atoms with Gasteiger partial charge in [-0.05, 0) is 67.9 Å². The first-order valence-corrected chi connectivity index (χ1v) is 6.41. The summed E-state index contributed by atoms with van der Waals surface area (Å²) in [4.78, 5) is 15.8. The van der Waals surface area contributed by atoms with Crippen LogP contribution in [0.2, 0.25) is 0 Å². The molecule has 0 saturated carbocycles. The van der Waals surface area contributed by atoms with Crippen LogP contribution in [-0.2, 0) is 0 Å². The number of benzene rings is 2. The van der Waals surface area contributed by atoms with Gasteiger partial charge in [0.25, 0.3) is 0 Å². The third-order valence-electron chi connectivity index (χ3n) is 3.08. The molecule has 0 spiro atoms. The van der Waals surface area contributed by atoms with E-state index in [1.165, 1.54) is 0 Å². The Morgan fingerprint density at radius 2 is 1.45 bits per heavy atom. The standard InChI is InChI=1S/C17H17NO2/c1-12(14-6-10-17(20-3)11-7-14)18-16-8-4-15(5-9-16)13(2)19/h4-11H,1-3H3. The van der Waals surface area contributed by atoms with E-state index in [0.717, 1.165) is 22.7 Å². The molecule has 3 heteroatoms. The Labute approximate surface area is 118 Å². The highest BCUT2D eigenvalue weighted by Crippen LogP contribution is 2.17. The first-order valence-electron chi connectivity index (χ1n) is 6.41. The molecule has 0 fully saturated rings. The lowest BCUT2D eigenvalue weighted by Crippen LogP contribution is -1.94. The monoisotopic (exact) mass is 267 g/mol. The second-order valence-electron chi connectivity index (χ2n) is 4.53. The van der Waals surface area contributed by atoms with Gasteiger partial charge in [-0.2, -0.15) is 0 Å². The molecule has 20 heavy (non-hydrogen) atoms. The summed E-state index contributed by atoms with van der Waals surface area (Å²) in [5.41, 5.74) is 3.50. The van der Waals surface area contributed by atoms with Gasteiger partial charge < -0.3 is 4.74 Å². The van der Waals surface area contributed by atoms with Crippen LogP contribution in [0.1, 0.15) is 29.8 Å². The van der Waals surface area contributed by atoms with Gasteiger partial charge >= 0.3 is 0 Å². The summed E-state index contributed by atoms with van der Waals surface area (Å²) in [5.74, 6) is 0.889. The number of Topliss-reactive ketones (excluding diaryl/α,β-unsaturated/α-hetero) is 1. The predicted molar refractivity (Wildman–Crippen MR) is 81.3 cm³/mol. The van der Waals surface area contributed by atoms with E-state index in [1.807, 2.05) is 43.3 Å². The number of methoxy groups -OCH3 is 1. The Balaban J connectivity index is 2.22. The van der Waals surface area contributed by atoms with Crippen LogP contribution in [0.4, 0.5) is 5.69 Å². The molecule has 0 bridgehead atoms. The zero-order valence-electron chi connectivity index (χ0n) is 11.9.